The Balaban J connectivity index is 1.47. The van der Waals surface area contributed by atoms with Crippen LogP contribution in [0.2, 0.25) is 0 Å². The topological polar surface area (TPSA) is 78.7 Å². The van der Waals surface area contributed by atoms with Crippen LogP contribution >= 0.6 is 0 Å². The smallest absolute Gasteiger partial charge is 0.269 e. The number of nitro groups is 1. The Hall–Kier alpha value is -2.57. The standard InChI is InChI=1S/C25H29NO5/c1-25(2)30-23-13-8-18(15-21(27)14-17-6-4-3-5-7-17)16-22(23)24(31-25)19-9-11-20(12-10-19)26(28)29/h3-7,9-12,18,22-24H,8,13-16H2,1-2H3/t18-,22-,23-,24+/m1/s1. The molecule has 1 saturated carbocycles. The molecule has 1 aliphatic heterocycles. The van der Waals surface area contributed by atoms with E-state index in [1.54, 1.807) is 12.1 Å². The Bertz CT molecular complexity index is 925. The van der Waals surface area contributed by atoms with Gasteiger partial charge >= 0.3 is 0 Å². The van der Waals surface area contributed by atoms with E-state index in [-0.39, 0.29) is 29.6 Å². The molecule has 1 aliphatic carbocycles. The van der Waals surface area contributed by atoms with Gasteiger partial charge in [-0.15, -0.1) is 0 Å². The van der Waals surface area contributed by atoms with Crippen LogP contribution in [0.15, 0.2) is 54.6 Å². The van der Waals surface area contributed by atoms with E-state index in [9.17, 15) is 14.9 Å². The largest absolute Gasteiger partial charge is 0.347 e. The lowest BCUT2D eigenvalue weighted by Gasteiger charge is -2.49. The summed E-state index contributed by atoms with van der Waals surface area (Å²) in [6, 6.07) is 16.5. The Morgan fingerprint density at radius 2 is 1.77 bits per heavy atom. The minimum atomic E-state index is -0.719. The van der Waals surface area contributed by atoms with Crippen LogP contribution in [0.1, 0.15) is 56.8 Å². The number of nitro benzene ring substituents is 1. The lowest BCUT2D eigenvalue weighted by Crippen LogP contribution is -2.49. The molecule has 0 N–H and O–H groups in total. The molecular formula is C25H29NO5. The first kappa shape index (κ1) is 21.7. The molecule has 6 heteroatoms. The zero-order chi connectivity index (χ0) is 22.0. The van der Waals surface area contributed by atoms with Crippen molar-refractivity contribution in [2.24, 2.45) is 11.8 Å². The summed E-state index contributed by atoms with van der Waals surface area (Å²) in [6.07, 6.45) is 3.59. The molecule has 0 radical (unpaired) electrons. The van der Waals surface area contributed by atoms with E-state index < -0.39 is 10.7 Å². The average molecular weight is 424 g/mol. The third-order valence-electron chi connectivity index (χ3n) is 6.37. The fourth-order valence-electron chi connectivity index (χ4n) is 5.02. The summed E-state index contributed by atoms with van der Waals surface area (Å²) in [6.45, 7) is 3.83. The highest BCUT2D eigenvalue weighted by Gasteiger charge is 2.46. The Labute approximate surface area is 182 Å². The number of rotatable bonds is 6. The molecule has 6 nitrogen and oxygen atoms in total. The molecule has 4 rings (SSSR count). The van der Waals surface area contributed by atoms with Crippen LogP contribution in [-0.2, 0) is 20.7 Å². The quantitative estimate of drug-likeness (QED) is 0.459. The summed E-state index contributed by atoms with van der Waals surface area (Å²) in [5, 5.41) is 11.0. The molecule has 4 atom stereocenters. The van der Waals surface area contributed by atoms with Crippen LogP contribution in [0.3, 0.4) is 0 Å². The Morgan fingerprint density at radius 1 is 1.06 bits per heavy atom. The molecule has 1 saturated heterocycles. The van der Waals surface area contributed by atoms with Gasteiger partial charge < -0.3 is 9.47 Å². The SMILES string of the molecule is CC1(C)O[C@@H]2CC[C@H](CC(=O)Cc3ccccc3)C[C@H]2[C@H](c2ccc([N+](=O)[O-])cc2)O1. The van der Waals surface area contributed by atoms with E-state index in [1.807, 2.05) is 44.2 Å². The second-order valence-corrected chi connectivity index (χ2v) is 9.19. The van der Waals surface area contributed by atoms with Gasteiger partial charge in [0.15, 0.2) is 5.79 Å². The lowest BCUT2D eigenvalue weighted by molar-refractivity contribution is -0.384. The number of nitrogens with zero attached hydrogens (tertiary/aromatic N) is 1. The second-order valence-electron chi connectivity index (χ2n) is 9.19. The number of hydrogen-bond acceptors (Lipinski definition) is 5. The first-order chi connectivity index (χ1) is 14.8. The van der Waals surface area contributed by atoms with Gasteiger partial charge in [-0.3, -0.25) is 14.9 Å². The monoisotopic (exact) mass is 423 g/mol. The maximum atomic E-state index is 12.7. The molecule has 0 bridgehead atoms. The van der Waals surface area contributed by atoms with Crippen molar-refractivity contribution in [2.75, 3.05) is 0 Å². The van der Waals surface area contributed by atoms with Crippen LogP contribution in [-0.4, -0.2) is 22.6 Å². The molecule has 0 aromatic heterocycles. The van der Waals surface area contributed by atoms with Crippen molar-refractivity contribution < 1.29 is 19.2 Å². The van der Waals surface area contributed by atoms with Gasteiger partial charge in [0.2, 0.25) is 0 Å². The molecule has 164 valence electrons. The van der Waals surface area contributed by atoms with Gasteiger partial charge in [-0.05, 0) is 62.3 Å². The third-order valence-corrected chi connectivity index (χ3v) is 6.37. The molecule has 2 aromatic rings. The molecule has 31 heavy (non-hydrogen) atoms. The highest BCUT2D eigenvalue weighted by Crippen LogP contribution is 2.48. The number of ketones is 1. The molecule has 2 aromatic carbocycles. The normalized spacial score (nSPS) is 27.3. The first-order valence-electron chi connectivity index (χ1n) is 11.0. The summed E-state index contributed by atoms with van der Waals surface area (Å²) in [7, 11) is 0. The number of carbonyl (C=O) groups is 1. The van der Waals surface area contributed by atoms with Crippen molar-refractivity contribution in [2.45, 2.75) is 63.9 Å². The zero-order valence-corrected chi connectivity index (χ0v) is 18.0. The lowest BCUT2D eigenvalue weighted by atomic mass is 9.72. The first-order valence-corrected chi connectivity index (χ1v) is 11.0. The highest BCUT2D eigenvalue weighted by atomic mass is 16.7. The van der Waals surface area contributed by atoms with E-state index in [0.29, 0.717) is 18.8 Å². The Kier molecular flexibility index (Phi) is 6.21. The molecule has 2 aliphatic rings. The van der Waals surface area contributed by atoms with Gasteiger partial charge in [0, 0.05) is 30.9 Å². The molecular weight excluding hydrogens is 394 g/mol. The predicted octanol–water partition coefficient (Wildman–Crippen LogP) is 5.41. The number of non-ortho nitro benzene ring substituents is 1. The number of ether oxygens (including phenoxy) is 2. The summed E-state index contributed by atoms with van der Waals surface area (Å²) in [5.74, 6) is -0.0347. The average Bonchev–Trinajstić information content (AvgIpc) is 2.73. The summed E-state index contributed by atoms with van der Waals surface area (Å²) in [5.41, 5.74) is 2.05. The van der Waals surface area contributed by atoms with Crippen molar-refractivity contribution in [3.8, 4) is 0 Å². The second kappa shape index (κ2) is 8.89. The van der Waals surface area contributed by atoms with E-state index >= 15 is 0 Å². The molecule has 1 heterocycles. The summed E-state index contributed by atoms with van der Waals surface area (Å²) < 4.78 is 12.5. The number of benzene rings is 2. The van der Waals surface area contributed by atoms with Gasteiger partial charge in [0.25, 0.3) is 5.69 Å². The fourth-order valence-corrected chi connectivity index (χ4v) is 5.02. The van der Waals surface area contributed by atoms with Gasteiger partial charge in [0.05, 0.1) is 17.1 Å². The minimum Gasteiger partial charge on any atom is -0.347 e. The summed E-state index contributed by atoms with van der Waals surface area (Å²) in [4.78, 5) is 23.3. The molecule has 0 spiro atoms. The van der Waals surface area contributed by atoms with Crippen LogP contribution in [0.4, 0.5) is 5.69 Å². The number of hydrogen-bond donors (Lipinski definition) is 0. The zero-order valence-electron chi connectivity index (χ0n) is 18.0. The predicted molar refractivity (Wildman–Crippen MR) is 116 cm³/mol. The van der Waals surface area contributed by atoms with Crippen molar-refractivity contribution in [1.82, 2.24) is 0 Å². The van der Waals surface area contributed by atoms with Crippen molar-refractivity contribution in [3.63, 3.8) is 0 Å². The third kappa shape index (κ3) is 5.20. The van der Waals surface area contributed by atoms with Crippen molar-refractivity contribution in [1.29, 1.82) is 0 Å². The van der Waals surface area contributed by atoms with Crippen LogP contribution in [0.5, 0.6) is 0 Å². The minimum absolute atomic E-state index is 0.0596. The van der Waals surface area contributed by atoms with Gasteiger partial charge in [-0.25, -0.2) is 0 Å². The maximum absolute atomic E-state index is 12.7. The van der Waals surface area contributed by atoms with E-state index in [4.69, 9.17) is 9.47 Å². The van der Waals surface area contributed by atoms with E-state index in [0.717, 1.165) is 30.4 Å². The number of Topliss-reactive ketones (excluding diaryl/α,β-unsaturated/α-hetero) is 1. The van der Waals surface area contributed by atoms with Gasteiger partial charge in [0.1, 0.15) is 5.78 Å². The molecule has 2 fully saturated rings. The Morgan fingerprint density at radius 3 is 2.45 bits per heavy atom. The number of fused-ring (bicyclic) bond motifs is 1. The van der Waals surface area contributed by atoms with Crippen LogP contribution in [0, 0.1) is 22.0 Å². The van der Waals surface area contributed by atoms with Gasteiger partial charge in [-0.2, -0.15) is 0 Å². The highest BCUT2D eigenvalue weighted by molar-refractivity contribution is 5.81. The van der Waals surface area contributed by atoms with Crippen molar-refractivity contribution >= 4 is 11.5 Å². The maximum Gasteiger partial charge on any atom is 0.269 e. The van der Waals surface area contributed by atoms with Crippen LogP contribution in [0.25, 0.3) is 0 Å². The molecule has 0 amide bonds. The summed E-state index contributed by atoms with van der Waals surface area (Å²) >= 11 is 0. The van der Waals surface area contributed by atoms with E-state index in [2.05, 4.69) is 0 Å². The van der Waals surface area contributed by atoms with Crippen LogP contribution < -0.4 is 0 Å². The van der Waals surface area contributed by atoms with Crippen molar-refractivity contribution in [3.05, 3.63) is 75.8 Å². The van der Waals surface area contributed by atoms with E-state index in [1.165, 1.54) is 12.1 Å². The molecule has 0 unspecified atom stereocenters. The number of carbonyl (C=O) groups excluding carboxylic acids is 1. The fraction of sp³-hybridized carbons (Fsp3) is 0.480. The van der Waals surface area contributed by atoms with Gasteiger partial charge in [-0.1, -0.05) is 30.3 Å².